The molecule has 2 amide bonds. The highest BCUT2D eigenvalue weighted by molar-refractivity contribution is 7.81. The number of thiol groups is 1. The summed E-state index contributed by atoms with van der Waals surface area (Å²) in [6.07, 6.45) is 1.03. The monoisotopic (exact) mass is 444 g/mol. The average Bonchev–Trinajstić information content (AvgIpc) is 3.19. The maximum absolute atomic E-state index is 12.9. The van der Waals surface area contributed by atoms with Gasteiger partial charge in [-0.1, -0.05) is 24.3 Å². The van der Waals surface area contributed by atoms with Crippen LogP contribution in [0.5, 0.6) is 11.5 Å². The number of carbonyl (C=O) groups excluding carboxylic acids is 2. The Bertz CT molecular complexity index is 965. The summed E-state index contributed by atoms with van der Waals surface area (Å²) in [6.45, 7) is -0.357. The molecule has 31 heavy (non-hydrogen) atoms. The lowest BCUT2D eigenvalue weighted by atomic mass is 10.0. The molecule has 0 spiro atoms. The molecule has 0 aromatic heterocycles. The molecule has 0 aliphatic carbocycles. The second-order valence-electron chi connectivity index (χ2n) is 7.45. The number of benzene rings is 2. The Morgan fingerprint density at radius 2 is 1.77 bits per heavy atom. The predicted molar refractivity (Wildman–Crippen MR) is 116 cm³/mol. The summed E-state index contributed by atoms with van der Waals surface area (Å²) in [5, 5.41) is 30.4. The fourth-order valence-electron chi connectivity index (χ4n) is 3.78. The number of carboxylic acid groups (broad SMARTS) is 1. The van der Waals surface area contributed by atoms with Gasteiger partial charge in [0.05, 0.1) is 17.8 Å². The summed E-state index contributed by atoms with van der Waals surface area (Å²) in [7, 11) is 0. The zero-order valence-corrected chi connectivity index (χ0v) is 17.5. The first-order chi connectivity index (χ1) is 14.8. The van der Waals surface area contributed by atoms with Gasteiger partial charge >= 0.3 is 5.97 Å². The molecular weight excluding hydrogens is 420 g/mol. The van der Waals surface area contributed by atoms with E-state index in [1.165, 1.54) is 29.2 Å². The number of aliphatic carboxylic acids is 1. The van der Waals surface area contributed by atoms with E-state index in [1.54, 1.807) is 24.3 Å². The molecular formula is C22H24N2O6S. The van der Waals surface area contributed by atoms with Gasteiger partial charge in [0.1, 0.15) is 17.5 Å². The van der Waals surface area contributed by atoms with Gasteiger partial charge in [0.15, 0.2) is 0 Å². The highest BCUT2D eigenvalue weighted by atomic mass is 32.1. The van der Waals surface area contributed by atoms with E-state index in [0.29, 0.717) is 18.4 Å². The molecule has 1 heterocycles. The summed E-state index contributed by atoms with van der Waals surface area (Å²) < 4.78 is 0. The Balaban J connectivity index is 1.65. The fraction of sp³-hybridized carbons (Fsp3) is 0.318. The third-order valence-electron chi connectivity index (χ3n) is 5.30. The maximum Gasteiger partial charge on any atom is 0.326 e. The van der Waals surface area contributed by atoms with Crippen LogP contribution in [0.4, 0.5) is 0 Å². The lowest BCUT2D eigenvalue weighted by molar-refractivity contribution is -0.149. The first-order valence-corrected chi connectivity index (χ1v) is 10.3. The molecule has 1 saturated heterocycles. The standard InChI is InChI=1S/C22H24N2O6S/c25-15-6-4-13(5-7-15)10-19(31)21(28)23-12-20(27)24-17(8-9-18(24)22(29)30)14-2-1-3-16(26)11-14/h1-7,11,17-19,25-26,31H,8-10,12H2,(H,23,28)(H,29,30). The summed E-state index contributed by atoms with van der Waals surface area (Å²) in [5.74, 6) is -1.93. The Labute approximate surface area is 184 Å². The number of rotatable bonds is 7. The van der Waals surface area contributed by atoms with Gasteiger partial charge in [0.25, 0.3) is 0 Å². The van der Waals surface area contributed by atoms with Gasteiger partial charge < -0.3 is 25.5 Å². The molecule has 3 unspecified atom stereocenters. The Hall–Kier alpha value is -3.20. The largest absolute Gasteiger partial charge is 0.508 e. The van der Waals surface area contributed by atoms with Crippen LogP contribution in [0, 0.1) is 0 Å². The summed E-state index contributed by atoms with van der Waals surface area (Å²) in [4.78, 5) is 38.2. The second kappa shape index (κ2) is 9.74. The van der Waals surface area contributed by atoms with Crippen LogP contribution in [0.15, 0.2) is 48.5 Å². The molecule has 1 fully saturated rings. The molecule has 9 heteroatoms. The molecule has 4 N–H and O–H groups in total. The molecule has 1 aliphatic heterocycles. The highest BCUT2D eigenvalue weighted by Crippen LogP contribution is 2.37. The minimum atomic E-state index is -1.11. The topological polar surface area (TPSA) is 127 Å². The van der Waals surface area contributed by atoms with Crippen molar-refractivity contribution < 1.29 is 29.7 Å². The summed E-state index contributed by atoms with van der Waals surface area (Å²) >= 11 is 4.29. The van der Waals surface area contributed by atoms with Gasteiger partial charge in [0.2, 0.25) is 11.8 Å². The van der Waals surface area contributed by atoms with Crippen molar-refractivity contribution in [3.8, 4) is 11.5 Å². The number of nitrogens with one attached hydrogen (secondary N) is 1. The third kappa shape index (κ3) is 5.49. The Morgan fingerprint density at radius 3 is 2.42 bits per heavy atom. The normalized spacial score (nSPS) is 19.1. The Morgan fingerprint density at radius 1 is 1.06 bits per heavy atom. The number of nitrogens with zero attached hydrogens (tertiary/aromatic N) is 1. The van der Waals surface area contributed by atoms with Crippen LogP contribution >= 0.6 is 12.6 Å². The van der Waals surface area contributed by atoms with E-state index < -0.39 is 35.1 Å². The highest BCUT2D eigenvalue weighted by Gasteiger charge is 2.41. The van der Waals surface area contributed by atoms with Crippen molar-refractivity contribution in [3.05, 3.63) is 59.7 Å². The second-order valence-corrected chi connectivity index (χ2v) is 8.07. The maximum atomic E-state index is 12.9. The van der Waals surface area contributed by atoms with Crippen molar-refractivity contribution in [2.75, 3.05) is 6.54 Å². The number of likely N-dealkylation sites (tertiary alicyclic amines) is 1. The van der Waals surface area contributed by atoms with Crippen LogP contribution in [0.3, 0.4) is 0 Å². The van der Waals surface area contributed by atoms with E-state index in [2.05, 4.69) is 17.9 Å². The number of aromatic hydroxyl groups is 2. The zero-order valence-electron chi connectivity index (χ0n) is 16.6. The van der Waals surface area contributed by atoms with Crippen LogP contribution in [0.1, 0.15) is 30.0 Å². The van der Waals surface area contributed by atoms with Crippen LogP contribution in [0.2, 0.25) is 0 Å². The number of carboxylic acids is 1. The quantitative estimate of drug-likeness (QED) is 0.415. The van der Waals surface area contributed by atoms with Gasteiger partial charge in [-0.15, -0.1) is 0 Å². The average molecular weight is 445 g/mol. The van der Waals surface area contributed by atoms with Gasteiger partial charge in [-0.25, -0.2) is 4.79 Å². The number of amides is 2. The van der Waals surface area contributed by atoms with Crippen LogP contribution in [-0.4, -0.2) is 55.8 Å². The smallest absolute Gasteiger partial charge is 0.326 e. The molecule has 1 aliphatic rings. The molecule has 3 rings (SSSR count). The van der Waals surface area contributed by atoms with Crippen molar-refractivity contribution in [1.29, 1.82) is 0 Å². The molecule has 0 radical (unpaired) electrons. The molecule has 0 bridgehead atoms. The van der Waals surface area contributed by atoms with Gasteiger partial charge in [-0.05, 0) is 54.7 Å². The zero-order chi connectivity index (χ0) is 22.5. The SMILES string of the molecule is O=C(NCC(=O)N1C(C(=O)O)CCC1c1cccc(O)c1)C(S)Cc1ccc(O)cc1. The number of hydrogen-bond donors (Lipinski definition) is 5. The first kappa shape index (κ1) is 22.5. The van der Waals surface area contributed by atoms with Crippen molar-refractivity contribution in [2.45, 2.75) is 36.6 Å². The van der Waals surface area contributed by atoms with E-state index in [-0.39, 0.29) is 24.5 Å². The van der Waals surface area contributed by atoms with E-state index in [1.807, 2.05) is 0 Å². The van der Waals surface area contributed by atoms with E-state index in [9.17, 15) is 29.7 Å². The number of phenolic OH excluding ortho intramolecular Hbond substituents is 2. The molecule has 8 nitrogen and oxygen atoms in total. The number of hydrogen-bond acceptors (Lipinski definition) is 6. The molecule has 2 aromatic carbocycles. The lowest BCUT2D eigenvalue weighted by Gasteiger charge is -2.29. The van der Waals surface area contributed by atoms with Crippen molar-refractivity contribution in [1.82, 2.24) is 10.2 Å². The third-order valence-corrected chi connectivity index (χ3v) is 5.71. The summed E-state index contributed by atoms with van der Waals surface area (Å²) in [6, 6.07) is 11.3. The minimum Gasteiger partial charge on any atom is -0.508 e. The number of carbonyl (C=O) groups is 3. The van der Waals surface area contributed by atoms with Gasteiger partial charge in [0, 0.05) is 0 Å². The Kier molecular flexibility index (Phi) is 7.06. The van der Waals surface area contributed by atoms with E-state index in [0.717, 1.165) is 5.56 Å². The molecule has 2 aromatic rings. The molecule has 0 saturated carbocycles. The van der Waals surface area contributed by atoms with Crippen molar-refractivity contribution in [3.63, 3.8) is 0 Å². The molecule has 3 atom stereocenters. The van der Waals surface area contributed by atoms with Crippen LogP contribution in [-0.2, 0) is 20.8 Å². The first-order valence-electron chi connectivity index (χ1n) is 9.83. The van der Waals surface area contributed by atoms with Crippen LogP contribution < -0.4 is 5.32 Å². The van der Waals surface area contributed by atoms with Gasteiger partial charge in [-0.2, -0.15) is 12.6 Å². The minimum absolute atomic E-state index is 0.0316. The molecule has 164 valence electrons. The summed E-state index contributed by atoms with van der Waals surface area (Å²) in [5.41, 5.74) is 1.44. The van der Waals surface area contributed by atoms with E-state index >= 15 is 0 Å². The van der Waals surface area contributed by atoms with E-state index in [4.69, 9.17) is 0 Å². The number of phenols is 2. The van der Waals surface area contributed by atoms with Crippen LogP contribution in [0.25, 0.3) is 0 Å². The van der Waals surface area contributed by atoms with Crippen molar-refractivity contribution in [2.24, 2.45) is 0 Å². The van der Waals surface area contributed by atoms with Crippen molar-refractivity contribution >= 4 is 30.4 Å². The lowest BCUT2D eigenvalue weighted by Crippen LogP contribution is -2.47. The van der Waals surface area contributed by atoms with Gasteiger partial charge in [-0.3, -0.25) is 9.59 Å². The predicted octanol–water partition coefficient (Wildman–Crippen LogP) is 1.87. The fourth-order valence-corrected chi connectivity index (χ4v) is 4.08.